The summed E-state index contributed by atoms with van der Waals surface area (Å²) in [4.78, 5) is 0. The predicted octanol–water partition coefficient (Wildman–Crippen LogP) is 8.68. The molecule has 0 amide bonds. The SMILES string of the molecule is C=C/C(F)=C(\F)c1ccc(C2CCC(c3cc(F)c(CCCC)c(F)c3)CC2)c(F)c1. The summed E-state index contributed by atoms with van der Waals surface area (Å²) in [5.74, 6) is -3.89. The summed E-state index contributed by atoms with van der Waals surface area (Å²) in [6.45, 7) is 5.15. The number of hydrogen-bond donors (Lipinski definition) is 0. The quantitative estimate of drug-likeness (QED) is 0.302. The maximum Gasteiger partial charge on any atom is 0.166 e. The second-order valence-electron chi connectivity index (χ2n) is 8.22. The molecule has 0 heterocycles. The van der Waals surface area contributed by atoms with Gasteiger partial charge in [0.05, 0.1) is 0 Å². The van der Waals surface area contributed by atoms with Gasteiger partial charge >= 0.3 is 0 Å². The Bertz CT molecular complexity index is 945. The first kappa shape index (κ1) is 23.2. The van der Waals surface area contributed by atoms with E-state index in [1.165, 1.54) is 24.3 Å². The van der Waals surface area contributed by atoms with Gasteiger partial charge in [0.25, 0.3) is 0 Å². The topological polar surface area (TPSA) is 0 Å². The second-order valence-corrected chi connectivity index (χ2v) is 8.22. The molecule has 166 valence electrons. The zero-order chi connectivity index (χ0) is 22.5. The van der Waals surface area contributed by atoms with Crippen molar-refractivity contribution in [2.24, 2.45) is 0 Å². The van der Waals surface area contributed by atoms with Crippen LogP contribution in [-0.4, -0.2) is 0 Å². The van der Waals surface area contributed by atoms with E-state index in [0.29, 0.717) is 43.2 Å². The van der Waals surface area contributed by atoms with Gasteiger partial charge in [-0.1, -0.05) is 32.1 Å². The van der Waals surface area contributed by atoms with Gasteiger partial charge in [0.1, 0.15) is 17.5 Å². The molecular formula is C26H27F5. The molecule has 0 aromatic heterocycles. The zero-order valence-electron chi connectivity index (χ0n) is 17.7. The Kier molecular flexibility index (Phi) is 7.69. The lowest BCUT2D eigenvalue weighted by Crippen LogP contribution is -2.14. The molecule has 0 unspecified atom stereocenters. The molecule has 5 heteroatoms. The number of benzene rings is 2. The Labute approximate surface area is 180 Å². The summed E-state index contributed by atoms with van der Waals surface area (Å²) in [5.41, 5.74) is 1.09. The minimum absolute atomic E-state index is 0.0184. The number of rotatable bonds is 7. The molecule has 2 aromatic rings. The van der Waals surface area contributed by atoms with E-state index >= 15 is 0 Å². The van der Waals surface area contributed by atoms with Crippen molar-refractivity contribution in [3.8, 4) is 0 Å². The first-order valence-electron chi connectivity index (χ1n) is 10.8. The van der Waals surface area contributed by atoms with Crippen molar-refractivity contribution in [2.75, 3.05) is 0 Å². The largest absolute Gasteiger partial charge is 0.207 e. The highest BCUT2D eigenvalue weighted by molar-refractivity contribution is 5.63. The third-order valence-electron chi connectivity index (χ3n) is 6.22. The molecular weight excluding hydrogens is 407 g/mol. The molecule has 1 fully saturated rings. The molecule has 0 aliphatic heterocycles. The van der Waals surface area contributed by atoms with Crippen molar-refractivity contribution in [1.29, 1.82) is 0 Å². The highest BCUT2D eigenvalue weighted by atomic mass is 19.2. The highest BCUT2D eigenvalue weighted by Crippen LogP contribution is 2.42. The first-order chi connectivity index (χ1) is 14.8. The zero-order valence-corrected chi connectivity index (χ0v) is 17.7. The van der Waals surface area contributed by atoms with Crippen LogP contribution in [0.15, 0.2) is 48.8 Å². The molecule has 31 heavy (non-hydrogen) atoms. The fourth-order valence-corrected chi connectivity index (χ4v) is 4.41. The number of halogens is 5. The fraction of sp³-hybridized carbons (Fsp3) is 0.385. The minimum atomic E-state index is -1.14. The van der Waals surface area contributed by atoms with E-state index in [1.807, 2.05) is 6.92 Å². The molecule has 0 radical (unpaired) electrons. The molecule has 2 aromatic carbocycles. The summed E-state index contributed by atoms with van der Waals surface area (Å²) in [6.07, 6.45) is 5.41. The van der Waals surface area contributed by atoms with Crippen molar-refractivity contribution in [2.45, 2.75) is 63.7 Å². The summed E-state index contributed by atoms with van der Waals surface area (Å²) < 4.78 is 70.7. The van der Waals surface area contributed by atoms with Crippen LogP contribution in [0.3, 0.4) is 0 Å². The summed E-state index contributed by atoms with van der Waals surface area (Å²) >= 11 is 0. The van der Waals surface area contributed by atoms with E-state index < -0.39 is 29.1 Å². The van der Waals surface area contributed by atoms with Crippen molar-refractivity contribution < 1.29 is 22.0 Å². The lowest BCUT2D eigenvalue weighted by Gasteiger charge is -2.29. The molecule has 1 aliphatic carbocycles. The third kappa shape index (κ3) is 5.25. The third-order valence-corrected chi connectivity index (χ3v) is 6.22. The monoisotopic (exact) mass is 434 g/mol. The van der Waals surface area contributed by atoms with E-state index in [4.69, 9.17) is 0 Å². The van der Waals surface area contributed by atoms with Gasteiger partial charge in [-0.25, -0.2) is 22.0 Å². The summed E-state index contributed by atoms with van der Waals surface area (Å²) in [5, 5.41) is 0. The Morgan fingerprint density at radius 3 is 2.10 bits per heavy atom. The van der Waals surface area contributed by atoms with Crippen LogP contribution in [0.5, 0.6) is 0 Å². The number of hydrogen-bond acceptors (Lipinski definition) is 0. The van der Waals surface area contributed by atoms with Gasteiger partial charge in [-0.3, -0.25) is 0 Å². The fourth-order valence-electron chi connectivity index (χ4n) is 4.41. The van der Waals surface area contributed by atoms with E-state index in [2.05, 4.69) is 6.58 Å². The van der Waals surface area contributed by atoms with E-state index in [1.54, 1.807) is 0 Å². The van der Waals surface area contributed by atoms with Crippen molar-refractivity contribution >= 4 is 5.83 Å². The van der Waals surface area contributed by atoms with Crippen LogP contribution in [0.2, 0.25) is 0 Å². The first-order valence-corrected chi connectivity index (χ1v) is 10.8. The van der Waals surface area contributed by atoms with Crippen LogP contribution < -0.4 is 0 Å². The van der Waals surface area contributed by atoms with E-state index in [9.17, 15) is 22.0 Å². The normalized spacial score (nSPS) is 19.8. The van der Waals surface area contributed by atoms with Crippen molar-refractivity contribution in [1.82, 2.24) is 0 Å². The van der Waals surface area contributed by atoms with Gasteiger partial charge in [0.15, 0.2) is 11.7 Å². The Balaban J connectivity index is 1.71. The number of unbranched alkanes of at least 4 members (excludes halogenated alkanes) is 1. The van der Waals surface area contributed by atoms with Gasteiger partial charge < -0.3 is 0 Å². The van der Waals surface area contributed by atoms with Crippen LogP contribution in [0.4, 0.5) is 22.0 Å². The van der Waals surface area contributed by atoms with Crippen molar-refractivity contribution in [3.05, 3.63) is 88.5 Å². The lowest BCUT2D eigenvalue weighted by atomic mass is 9.75. The Morgan fingerprint density at radius 2 is 1.55 bits per heavy atom. The molecule has 0 bridgehead atoms. The molecule has 1 aliphatic rings. The second kappa shape index (κ2) is 10.3. The molecule has 3 rings (SSSR count). The molecule has 1 saturated carbocycles. The van der Waals surface area contributed by atoms with Gasteiger partial charge in [-0.2, -0.15) is 0 Å². The maximum absolute atomic E-state index is 14.6. The molecule has 0 atom stereocenters. The average molecular weight is 434 g/mol. The smallest absolute Gasteiger partial charge is 0.166 e. The average Bonchev–Trinajstić information content (AvgIpc) is 2.77. The molecule has 0 spiro atoms. The van der Waals surface area contributed by atoms with E-state index in [0.717, 1.165) is 25.0 Å². The van der Waals surface area contributed by atoms with Gasteiger partial charge in [-0.15, -0.1) is 0 Å². The van der Waals surface area contributed by atoms with Crippen LogP contribution in [0.25, 0.3) is 5.83 Å². The molecule has 0 N–H and O–H groups in total. The van der Waals surface area contributed by atoms with Crippen LogP contribution >= 0.6 is 0 Å². The standard InChI is InChI=1S/C26H27F5/c1-3-5-6-21-24(29)14-19(15-25(21)30)16-7-9-17(10-8-16)20-12-11-18(13-23(20)28)26(31)22(27)4-2/h4,11-17H,2-3,5-10H2,1H3/b26-22+. The van der Waals surface area contributed by atoms with Crippen LogP contribution in [0, 0.1) is 17.5 Å². The maximum atomic E-state index is 14.6. The lowest BCUT2D eigenvalue weighted by molar-refractivity contribution is 0.385. The Hall–Kier alpha value is -2.43. The van der Waals surface area contributed by atoms with E-state index in [-0.39, 0.29) is 23.0 Å². The van der Waals surface area contributed by atoms with Crippen molar-refractivity contribution in [3.63, 3.8) is 0 Å². The van der Waals surface area contributed by atoms with Crippen LogP contribution in [0.1, 0.15) is 79.5 Å². The minimum Gasteiger partial charge on any atom is -0.207 e. The van der Waals surface area contributed by atoms with Crippen LogP contribution in [-0.2, 0) is 6.42 Å². The Morgan fingerprint density at radius 1 is 0.935 bits per heavy atom. The molecule has 0 saturated heterocycles. The van der Waals surface area contributed by atoms with Gasteiger partial charge in [0.2, 0.25) is 0 Å². The summed E-state index contributed by atoms with van der Waals surface area (Å²) in [6, 6.07) is 6.74. The molecule has 0 nitrogen and oxygen atoms in total. The van der Waals surface area contributed by atoms with Gasteiger partial charge in [-0.05, 0) is 85.8 Å². The number of allylic oxidation sites excluding steroid dienone is 2. The highest BCUT2D eigenvalue weighted by Gasteiger charge is 2.27. The van der Waals surface area contributed by atoms with Gasteiger partial charge in [0, 0.05) is 11.1 Å². The predicted molar refractivity (Wildman–Crippen MR) is 115 cm³/mol. The summed E-state index contributed by atoms with van der Waals surface area (Å²) in [7, 11) is 0.